The van der Waals surface area contributed by atoms with Gasteiger partial charge in [0.05, 0.1) is 30.0 Å². The van der Waals surface area contributed by atoms with Gasteiger partial charge in [-0.15, -0.1) is 0 Å². The molecule has 0 bridgehead atoms. The zero-order valence-electron chi connectivity index (χ0n) is 17.1. The predicted molar refractivity (Wildman–Crippen MR) is 109 cm³/mol. The molecular weight excluding hydrogens is 409 g/mol. The van der Waals surface area contributed by atoms with Crippen LogP contribution in [0.5, 0.6) is 0 Å². The normalized spacial score (nSPS) is 17.7. The van der Waals surface area contributed by atoms with Crippen molar-refractivity contribution in [3.8, 4) is 0 Å². The fourth-order valence-electron chi connectivity index (χ4n) is 3.79. The van der Waals surface area contributed by atoms with E-state index in [1.807, 2.05) is 30.9 Å². The third-order valence-corrected chi connectivity index (χ3v) is 5.64. The van der Waals surface area contributed by atoms with Crippen molar-refractivity contribution in [1.29, 1.82) is 0 Å². The van der Waals surface area contributed by atoms with Gasteiger partial charge >= 0.3 is 6.18 Å². The zero-order chi connectivity index (χ0) is 22.3. The molecule has 0 unspecified atom stereocenters. The van der Waals surface area contributed by atoms with Crippen LogP contribution in [0.3, 0.4) is 0 Å². The molecule has 0 saturated carbocycles. The molecule has 5 nitrogen and oxygen atoms in total. The van der Waals surface area contributed by atoms with Gasteiger partial charge in [0.25, 0.3) is 11.8 Å². The van der Waals surface area contributed by atoms with Crippen LogP contribution in [-0.2, 0) is 20.5 Å². The summed E-state index contributed by atoms with van der Waals surface area (Å²) in [6.07, 6.45) is -4.50. The summed E-state index contributed by atoms with van der Waals surface area (Å²) in [4.78, 5) is 29.6. The smallest absolute Gasteiger partial charge is 0.378 e. The second kappa shape index (κ2) is 7.85. The van der Waals surface area contributed by atoms with E-state index in [9.17, 15) is 22.8 Å². The van der Waals surface area contributed by atoms with Crippen LogP contribution in [0.15, 0.2) is 48.2 Å². The van der Waals surface area contributed by atoms with Crippen LogP contribution in [0.1, 0.15) is 22.3 Å². The number of morpholine rings is 1. The predicted octanol–water partition coefficient (Wildman–Crippen LogP) is 3.94. The van der Waals surface area contributed by atoms with Crippen LogP contribution in [-0.4, -0.2) is 43.0 Å². The van der Waals surface area contributed by atoms with Crippen LogP contribution >= 0.6 is 0 Å². The van der Waals surface area contributed by atoms with Crippen LogP contribution in [0, 0.1) is 13.8 Å². The Morgan fingerprint density at radius 1 is 0.871 bits per heavy atom. The lowest BCUT2D eigenvalue weighted by atomic mass is 9.99. The maximum atomic E-state index is 13.4. The Morgan fingerprint density at radius 2 is 1.52 bits per heavy atom. The van der Waals surface area contributed by atoms with Gasteiger partial charge < -0.3 is 9.64 Å². The van der Waals surface area contributed by atoms with Crippen molar-refractivity contribution in [2.75, 3.05) is 31.2 Å². The molecule has 2 heterocycles. The fourth-order valence-corrected chi connectivity index (χ4v) is 3.79. The Labute approximate surface area is 177 Å². The van der Waals surface area contributed by atoms with Crippen LogP contribution in [0.25, 0.3) is 5.57 Å². The Kier molecular flexibility index (Phi) is 5.35. The Balaban J connectivity index is 1.79. The molecule has 0 radical (unpaired) electrons. The number of amides is 2. The molecule has 2 amide bonds. The number of anilines is 1. The van der Waals surface area contributed by atoms with Gasteiger partial charge in [-0.2, -0.15) is 13.2 Å². The van der Waals surface area contributed by atoms with E-state index in [2.05, 4.69) is 0 Å². The molecule has 4 rings (SSSR count). The molecule has 0 N–H and O–H groups in total. The minimum absolute atomic E-state index is 0.104. The van der Waals surface area contributed by atoms with Gasteiger partial charge in [0.1, 0.15) is 5.70 Å². The van der Waals surface area contributed by atoms with Crippen molar-refractivity contribution in [2.45, 2.75) is 20.0 Å². The third-order valence-electron chi connectivity index (χ3n) is 5.64. The summed E-state index contributed by atoms with van der Waals surface area (Å²) in [5.74, 6) is -1.09. The number of carbonyl (C=O) groups excluding carboxylic acids is 2. The molecule has 1 saturated heterocycles. The number of nitrogens with zero attached hydrogens (tertiary/aromatic N) is 2. The van der Waals surface area contributed by atoms with E-state index in [0.717, 1.165) is 40.3 Å². The summed E-state index contributed by atoms with van der Waals surface area (Å²) in [7, 11) is 0. The van der Waals surface area contributed by atoms with Crippen molar-refractivity contribution >= 4 is 23.1 Å². The number of carbonyl (C=O) groups is 2. The molecule has 2 aliphatic heterocycles. The molecule has 1 fully saturated rings. The van der Waals surface area contributed by atoms with E-state index >= 15 is 0 Å². The van der Waals surface area contributed by atoms with Gasteiger partial charge in [0, 0.05) is 13.1 Å². The number of hydrogen-bond acceptors (Lipinski definition) is 4. The minimum Gasteiger partial charge on any atom is -0.378 e. The van der Waals surface area contributed by atoms with Crippen molar-refractivity contribution in [3.05, 3.63) is 70.4 Å². The number of aryl methyl sites for hydroxylation is 2. The van der Waals surface area contributed by atoms with E-state index < -0.39 is 23.6 Å². The van der Waals surface area contributed by atoms with E-state index in [4.69, 9.17) is 4.74 Å². The minimum atomic E-state index is -4.50. The fraction of sp³-hybridized carbons (Fsp3) is 0.304. The molecule has 0 spiro atoms. The number of hydrogen-bond donors (Lipinski definition) is 0. The lowest BCUT2D eigenvalue weighted by Gasteiger charge is -2.29. The Hall–Kier alpha value is -3.13. The molecule has 0 atom stereocenters. The third kappa shape index (κ3) is 3.83. The number of benzene rings is 2. The highest BCUT2D eigenvalue weighted by Gasteiger charge is 2.43. The molecule has 0 aliphatic carbocycles. The van der Waals surface area contributed by atoms with Crippen molar-refractivity contribution in [1.82, 2.24) is 4.90 Å². The van der Waals surface area contributed by atoms with Crippen molar-refractivity contribution < 1.29 is 27.5 Å². The molecule has 0 aromatic heterocycles. The number of alkyl halides is 3. The quantitative estimate of drug-likeness (QED) is 0.693. The lowest BCUT2D eigenvalue weighted by molar-refractivity contribution is -0.137. The largest absolute Gasteiger partial charge is 0.416 e. The molecule has 2 aromatic rings. The maximum absolute atomic E-state index is 13.4. The number of rotatable bonds is 3. The molecule has 31 heavy (non-hydrogen) atoms. The first kappa shape index (κ1) is 21.1. The molecule has 8 heteroatoms. The van der Waals surface area contributed by atoms with Crippen LogP contribution < -0.4 is 4.90 Å². The van der Waals surface area contributed by atoms with Gasteiger partial charge in [0.2, 0.25) is 0 Å². The summed E-state index contributed by atoms with van der Waals surface area (Å²) in [6.45, 7) is 5.61. The monoisotopic (exact) mass is 430 g/mol. The summed E-state index contributed by atoms with van der Waals surface area (Å²) in [5, 5.41) is 0. The van der Waals surface area contributed by atoms with Crippen LogP contribution in [0.2, 0.25) is 0 Å². The number of ether oxygens (including phenoxy) is 1. The lowest BCUT2D eigenvalue weighted by Crippen LogP contribution is -2.40. The average molecular weight is 430 g/mol. The van der Waals surface area contributed by atoms with E-state index in [1.54, 1.807) is 6.07 Å². The van der Waals surface area contributed by atoms with Gasteiger partial charge in [0.15, 0.2) is 0 Å². The molecular formula is C23H21F3N2O3. The van der Waals surface area contributed by atoms with Crippen LogP contribution in [0.4, 0.5) is 18.9 Å². The van der Waals surface area contributed by atoms with Gasteiger partial charge in [-0.3, -0.25) is 9.59 Å². The van der Waals surface area contributed by atoms with Gasteiger partial charge in [-0.25, -0.2) is 4.90 Å². The first-order valence-corrected chi connectivity index (χ1v) is 9.89. The highest BCUT2D eigenvalue weighted by atomic mass is 19.4. The van der Waals surface area contributed by atoms with E-state index in [-0.39, 0.29) is 17.0 Å². The highest BCUT2D eigenvalue weighted by molar-refractivity contribution is 6.45. The first-order chi connectivity index (χ1) is 14.7. The van der Waals surface area contributed by atoms with Crippen molar-refractivity contribution in [3.63, 3.8) is 0 Å². The van der Waals surface area contributed by atoms with E-state index in [0.29, 0.717) is 31.9 Å². The molecule has 162 valence electrons. The van der Waals surface area contributed by atoms with Gasteiger partial charge in [-0.1, -0.05) is 18.2 Å². The van der Waals surface area contributed by atoms with E-state index in [1.165, 1.54) is 0 Å². The summed E-state index contributed by atoms with van der Waals surface area (Å²) < 4.78 is 44.2. The molecule has 2 aromatic carbocycles. The molecule has 2 aliphatic rings. The van der Waals surface area contributed by atoms with Crippen molar-refractivity contribution in [2.24, 2.45) is 0 Å². The van der Waals surface area contributed by atoms with Gasteiger partial charge in [-0.05, 0) is 54.8 Å². The zero-order valence-corrected chi connectivity index (χ0v) is 17.1. The topological polar surface area (TPSA) is 49.9 Å². The first-order valence-electron chi connectivity index (χ1n) is 9.89. The SMILES string of the molecule is Cc1ccc(C2=C(N3CCOCC3)C(=O)N(c3ccc(C(F)(F)F)cc3)C2=O)cc1C. The summed E-state index contributed by atoms with van der Waals surface area (Å²) >= 11 is 0. The number of halogens is 3. The Bertz CT molecular complexity index is 1070. The summed E-state index contributed by atoms with van der Waals surface area (Å²) in [6, 6.07) is 9.58. The highest BCUT2D eigenvalue weighted by Crippen LogP contribution is 2.37. The maximum Gasteiger partial charge on any atom is 0.416 e. The second-order valence-corrected chi connectivity index (χ2v) is 7.61. The second-order valence-electron chi connectivity index (χ2n) is 7.61. The number of imide groups is 1. The average Bonchev–Trinajstić information content (AvgIpc) is 3.00. The Morgan fingerprint density at radius 3 is 2.10 bits per heavy atom. The summed E-state index contributed by atoms with van der Waals surface area (Å²) in [5.41, 5.74) is 2.41. The standard InChI is InChI=1S/C23H21F3N2O3/c1-14-3-4-16(13-15(14)2)19-20(27-9-11-31-12-10-27)22(30)28(21(19)29)18-7-5-17(6-8-18)23(24,25)26/h3-8,13H,9-12H2,1-2H3.